The molecule has 4 heteroatoms. The van der Waals surface area contributed by atoms with Crippen LogP contribution < -0.4 is 0 Å². The Morgan fingerprint density at radius 1 is 1.22 bits per heavy atom. The van der Waals surface area contributed by atoms with Crippen molar-refractivity contribution in [1.82, 2.24) is 4.90 Å². The molecule has 1 aromatic carbocycles. The van der Waals surface area contributed by atoms with Gasteiger partial charge in [-0.2, -0.15) is 0 Å². The number of amidine groups is 1. The van der Waals surface area contributed by atoms with Gasteiger partial charge in [-0.25, -0.2) is 4.99 Å². The summed E-state index contributed by atoms with van der Waals surface area (Å²) >= 11 is 4.47. The second kappa shape index (κ2) is 6.95. The fourth-order valence-corrected chi connectivity index (χ4v) is 5.76. The van der Waals surface area contributed by atoms with Crippen LogP contribution in [0.15, 0.2) is 17.1 Å². The van der Waals surface area contributed by atoms with Gasteiger partial charge in [0, 0.05) is 21.4 Å². The molecule has 1 aliphatic heterocycles. The molecule has 2 aliphatic rings. The van der Waals surface area contributed by atoms with Crippen molar-refractivity contribution in [2.45, 2.75) is 58.1 Å². The van der Waals surface area contributed by atoms with Crippen molar-refractivity contribution in [2.75, 3.05) is 13.1 Å². The van der Waals surface area contributed by atoms with Crippen LogP contribution in [0.3, 0.4) is 0 Å². The molecule has 1 aromatic rings. The fourth-order valence-electron chi connectivity index (χ4n) is 3.66. The molecular formula is C19H27IN2S. The molecule has 23 heavy (non-hydrogen) atoms. The van der Waals surface area contributed by atoms with Gasteiger partial charge in [0.05, 0.1) is 5.69 Å². The molecule has 1 aliphatic carbocycles. The zero-order valence-electron chi connectivity index (χ0n) is 14.7. The SMILES string of the molecule is Cc1c(I)ccc(N=C2SC3(CCCC3)CN2CC(C)C)c1C. The van der Waals surface area contributed by atoms with E-state index in [0.29, 0.717) is 10.7 Å². The summed E-state index contributed by atoms with van der Waals surface area (Å²) in [7, 11) is 0. The van der Waals surface area contributed by atoms with Crippen molar-refractivity contribution in [3.8, 4) is 0 Å². The lowest BCUT2D eigenvalue weighted by atomic mass is 10.1. The minimum atomic E-state index is 0.444. The van der Waals surface area contributed by atoms with Crippen molar-refractivity contribution in [3.63, 3.8) is 0 Å². The van der Waals surface area contributed by atoms with Crippen molar-refractivity contribution < 1.29 is 0 Å². The highest BCUT2D eigenvalue weighted by atomic mass is 127. The summed E-state index contributed by atoms with van der Waals surface area (Å²) in [4.78, 5) is 7.66. The Labute approximate surface area is 158 Å². The Bertz CT molecular complexity index is 618. The Morgan fingerprint density at radius 3 is 2.57 bits per heavy atom. The number of halogens is 1. The average molecular weight is 442 g/mol. The minimum Gasteiger partial charge on any atom is -0.350 e. The largest absolute Gasteiger partial charge is 0.350 e. The predicted molar refractivity (Wildman–Crippen MR) is 111 cm³/mol. The summed E-state index contributed by atoms with van der Waals surface area (Å²) < 4.78 is 1.77. The first-order valence-electron chi connectivity index (χ1n) is 8.68. The number of hydrogen-bond acceptors (Lipinski definition) is 2. The third kappa shape index (κ3) is 3.73. The lowest BCUT2D eigenvalue weighted by Gasteiger charge is -2.23. The van der Waals surface area contributed by atoms with Crippen LogP contribution in [0.2, 0.25) is 0 Å². The zero-order valence-corrected chi connectivity index (χ0v) is 17.6. The molecule has 0 bridgehead atoms. The first kappa shape index (κ1) is 17.6. The van der Waals surface area contributed by atoms with Gasteiger partial charge in [-0.15, -0.1) is 0 Å². The Morgan fingerprint density at radius 2 is 1.91 bits per heavy atom. The standard InChI is InChI=1S/C19H27IN2S/c1-13(2)11-22-12-19(9-5-6-10-19)23-18(22)21-17-8-7-16(20)14(3)15(17)4/h7-8,13H,5-6,9-12H2,1-4H3. The lowest BCUT2D eigenvalue weighted by Crippen LogP contribution is -2.33. The van der Waals surface area contributed by atoms with E-state index < -0.39 is 0 Å². The van der Waals surface area contributed by atoms with Crippen LogP contribution in [-0.2, 0) is 0 Å². The van der Waals surface area contributed by atoms with Crippen LogP contribution in [0.4, 0.5) is 5.69 Å². The van der Waals surface area contributed by atoms with Gasteiger partial charge in [0.1, 0.15) is 0 Å². The molecule has 1 spiro atoms. The zero-order chi connectivity index (χ0) is 16.6. The van der Waals surface area contributed by atoms with Crippen LogP contribution in [0.25, 0.3) is 0 Å². The van der Waals surface area contributed by atoms with Crippen molar-refractivity contribution in [1.29, 1.82) is 0 Å². The second-order valence-corrected chi connectivity index (χ2v) is 10.1. The molecule has 0 radical (unpaired) electrons. The van der Waals surface area contributed by atoms with Crippen molar-refractivity contribution >= 4 is 45.2 Å². The lowest BCUT2D eigenvalue weighted by molar-refractivity contribution is 0.346. The Balaban J connectivity index is 1.93. The van der Waals surface area contributed by atoms with Crippen LogP contribution in [0.1, 0.15) is 50.7 Å². The molecular weight excluding hydrogens is 415 g/mol. The van der Waals surface area contributed by atoms with E-state index in [9.17, 15) is 0 Å². The van der Waals surface area contributed by atoms with Gasteiger partial charge < -0.3 is 4.90 Å². The molecule has 0 unspecified atom stereocenters. The van der Waals surface area contributed by atoms with Gasteiger partial charge in [-0.3, -0.25) is 0 Å². The van der Waals surface area contributed by atoms with E-state index in [0.717, 1.165) is 12.2 Å². The topological polar surface area (TPSA) is 15.6 Å². The van der Waals surface area contributed by atoms with Gasteiger partial charge in [0.15, 0.2) is 5.17 Å². The van der Waals surface area contributed by atoms with E-state index in [-0.39, 0.29) is 0 Å². The quantitative estimate of drug-likeness (QED) is 0.541. The van der Waals surface area contributed by atoms with Crippen LogP contribution in [0, 0.1) is 23.3 Å². The summed E-state index contributed by atoms with van der Waals surface area (Å²) in [6.45, 7) is 11.3. The first-order chi connectivity index (χ1) is 10.9. The van der Waals surface area contributed by atoms with Gasteiger partial charge in [-0.05, 0) is 78.5 Å². The average Bonchev–Trinajstić information content (AvgIpc) is 3.07. The number of aliphatic imine (C=N–C) groups is 1. The third-order valence-electron chi connectivity index (χ3n) is 5.07. The number of rotatable bonds is 3. The maximum Gasteiger partial charge on any atom is 0.165 e. The summed E-state index contributed by atoms with van der Waals surface area (Å²) in [6, 6.07) is 4.38. The normalized spacial score (nSPS) is 22.0. The molecule has 3 rings (SSSR count). The van der Waals surface area contributed by atoms with Gasteiger partial charge >= 0.3 is 0 Å². The van der Waals surface area contributed by atoms with Gasteiger partial charge in [-0.1, -0.05) is 38.5 Å². The molecule has 2 fully saturated rings. The number of hydrogen-bond donors (Lipinski definition) is 0. The number of benzene rings is 1. The first-order valence-corrected chi connectivity index (χ1v) is 10.6. The van der Waals surface area contributed by atoms with E-state index in [1.165, 1.54) is 52.1 Å². The van der Waals surface area contributed by atoms with Gasteiger partial charge in [0.25, 0.3) is 0 Å². The monoisotopic (exact) mass is 442 g/mol. The third-order valence-corrected chi connectivity index (χ3v) is 7.74. The van der Waals surface area contributed by atoms with Crippen LogP contribution >= 0.6 is 34.4 Å². The minimum absolute atomic E-state index is 0.444. The Hall–Kier alpha value is -0.230. The fraction of sp³-hybridized carbons (Fsp3) is 0.632. The maximum atomic E-state index is 5.12. The highest BCUT2D eigenvalue weighted by molar-refractivity contribution is 14.1. The number of thioether (sulfide) groups is 1. The molecule has 2 nitrogen and oxygen atoms in total. The van der Waals surface area contributed by atoms with E-state index in [1.807, 2.05) is 0 Å². The van der Waals surface area contributed by atoms with E-state index in [2.05, 4.69) is 79.1 Å². The van der Waals surface area contributed by atoms with Gasteiger partial charge in [0.2, 0.25) is 0 Å². The summed E-state index contributed by atoms with van der Waals surface area (Å²) in [5.41, 5.74) is 3.83. The van der Waals surface area contributed by atoms with E-state index in [4.69, 9.17) is 4.99 Å². The van der Waals surface area contributed by atoms with Crippen LogP contribution in [0.5, 0.6) is 0 Å². The predicted octanol–water partition coefficient (Wildman–Crippen LogP) is 5.91. The second-order valence-electron chi connectivity index (χ2n) is 7.48. The molecule has 126 valence electrons. The smallest absolute Gasteiger partial charge is 0.165 e. The van der Waals surface area contributed by atoms with E-state index in [1.54, 1.807) is 0 Å². The molecule has 0 amide bonds. The van der Waals surface area contributed by atoms with Crippen molar-refractivity contribution in [2.24, 2.45) is 10.9 Å². The van der Waals surface area contributed by atoms with Crippen molar-refractivity contribution in [3.05, 3.63) is 26.8 Å². The molecule has 0 aromatic heterocycles. The number of nitrogens with zero attached hydrogens (tertiary/aromatic N) is 2. The Kier molecular flexibility index (Phi) is 5.31. The van der Waals surface area contributed by atoms with Crippen LogP contribution in [-0.4, -0.2) is 27.9 Å². The summed E-state index contributed by atoms with van der Waals surface area (Å²) in [5.74, 6) is 0.678. The summed E-state index contributed by atoms with van der Waals surface area (Å²) in [5, 5.41) is 1.25. The highest BCUT2D eigenvalue weighted by Gasteiger charge is 2.44. The molecule has 1 heterocycles. The summed E-state index contributed by atoms with van der Waals surface area (Å²) in [6.07, 6.45) is 5.49. The molecule has 1 saturated heterocycles. The maximum absolute atomic E-state index is 5.12. The molecule has 0 atom stereocenters. The molecule has 0 N–H and O–H groups in total. The highest BCUT2D eigenvalue weighted by Crippen LogP contribution is 2.48. The molecule has 1 saturated carbocycles. The van der Waals surface area contributed by atoms with E-state index >= 15 is 0 Å².